The molecular weight excluding hydrogens is 342 g/mol. The largest absolute Gasteiger partial charge is 0.375 e. The van der Waals surface area contributed by atoms with Crippen LogP contribution < -0.4 is 16.0 Å². The molecule has 1 atom stereocenters. The van der Waals surface area contributed by atoms with Gasteiger partial charge in [0.1, 0.15) is 0 Å². The predicted octanol–water partition coefficient (Wildman–Crippen LogP) is 3.24. The van der Waals surface area contributed by atoms with E-state index in [2.05, 4.69) is 16.0 Å². The van der Waals surface area contributed by atoms with Gasteiger partial charge >= 0.3 is 6.03 Å². The fourth-order valence-corrected chi connectivity index (χ4v) is 2.97. The maximum absolute atomic E-state index is 12.1. The summed E-state index contributed by atoms with van der Waals surface area (Å²) in [6.07, 6.45) is -0.247. The van der Waals surface area contributed by atoms with Gasteiger partial charge in [-0.2, -0.15) is 0 Å². The summed E-state index contributed by atoms with van der Waals surface area (Å²) in [6, 6.07) is 13.2. The third kappa shape index (κ3) is 6.11. The summed E-state index contributed by atoms with van der Waals surface area (Å²) < 4.78 is 5.41. The van der Waals surface area contributed by atoms with Crippen LogP contribution in [0.2, 0.25) is 0 Å². The van der Waals surface area contributed by atoms with E-state index in [0.29, 0.717) is 6.54 Å². The molecule has 144 valence electrons. The van der Waals surface area contributed by atoms with E-state index < -0.39 is 6.03 Å². The van der Waals surface area contributed by atoms with Gasteiger partial charge in [-0.05, 0) is 37.5 Å². The molecule has 0 spiro atoms. The zero-order valence-electron chi connectivity index (χ0n) is 16.3. The fourth-order valence-electron chi connectivity index (χ4n) is 2.97. The van der Waals surface area contributed by atoms with E-state index in [1.54, 1.807) is 7.11 Å². The standard InChI is InChI=1S/C21H27N3O3/c1-14-10-15(2)20(16(3)11-14)24-19(25)13-23-21(26)22-12-18(27-4)17-8-6-5-7-9-17/h5-11,18H,12-13H2,1-4H3,(H,24,25)(H2,22,23,26). The van der Waals surface area contributed by atoms with Crippen molar-refractivity contribution in [3.8, 4) is 0 Å². The van der Waals surface area contributed by atoms with Gasteiger partial charge in [-0.1, -0.05) is 48.0 Å². The fraction of sp³-hybridized carbons (Fsp3) is 0.333. The van der Waals surface area contributed by atoms with E-state index in [9.17, 15) is 9.59 Å². The Morgan fingerprint density at radius 2 is 1.63 bits per heavy atom. The number of methoxy groups -OCH3 is 1. The Kier molecular flexibility index (Phi) is 7.37. The van der Waals surface area contributed by atoms with Crippen LogP contribution in [0.25, 0.3) is 0 Å². The van der Waals surface area contributed by atoms with Crippen molar-refractivity contribution in [1.29, 1.82) is 0 Å². The number of hydrogen-bond donors (Lipinski definition) is 3. The average Bonchev–Trinajstić information content (AvgIpc) is 2.64. The number of aryl methyl sites for hydroxylation is 3. The first-order valence-electron chi connectivity index (χ1n) is 8.88. The number of amides is 3. The monoisotopic (exact) mass is 369 g/mol. The molecule has 0 aliphatic heterocycles. The molecule has 3 N–H and O–H groups in total. The minimum atomic E-state index is -0.416. The number of carbonyl (C=O) groups is 2. The number of rotatable bonds is 7. The van der Waals surface area contributed by atoms with E-state index >= 15 is 0 Å². The molecule has 2 aromatic rings. The van der Waals surface area contributed by atoms with Crippen LogP contribution in [0.5, 0.6) is 0 Å². The Bertz CT molecular complexity index is 768. The van der Waals surface area contributed by atoms with Gasteiger partial charge in [0.25, 0.3) is 0 Å². The van der Waals surface area contributed by atoms with Crippen LogP contribution in [0.1, 0.15) is 28.4 Å². The molecule has 6 nitrogen and oxygen atoms in total. The molecule has 0 aromatic heterocycles. The van der Waals surface area contributed by atoms with Crippen LogP contribution in [-0.2, 0) is 9.53 Å². The van der Waals surface area contributed by atoms with E-state index in [-0.39, 0.29) is 18.6 Å². The lowest BCUT2D eigenvalue weighted by Gasteiger charge is -2.17. The Morgan fingerprint density at radius 1 is 1.00 bits per heavy atom. The van der Waals surface area contributed by atoms with Gasteiger partial charge in [-0.25, -0.2) is 4.79 Å². The van der Waals surface area contributed by atoms with Crippen molar-refractivity contribution in [1.82, 2.24) is 10.6 Å². The SMILES string of the molecule is COC(CNC(=O)NCC(=O)Nc1c(C)cc(C)cc1C)c1ccccc1. The quantitative estimate of drug-likeness (QED) is 0.701. The summed E-state index contributed by atoms with van der Waals surface area (Å²) in [6.45, 7) is 6.11. The summed E-state index contributed by atoms with van der Waals surface area (Å²) in [5.41, 5.74) is 4.90. The molecule has 0 fully saturated rings. The molecule has 2 rings (SSSR count). The Balaban J connectivity index is 1.80. The van der Waals surface area contributed by atoms with Gasteiger partial charge < -0.3 is 20.7 Å². The third-order valence-electron chi connectivity index (χ3n) is 4.25. The number of anilines is 1. The highest BCUT2D eigenvalue weighted by atomic mass is 16.5. The molecule has 27 heavy (non-hydrogen) atoms. The Morgan fingerprint density at radius 3 is 2.22 bits per heavy atom. The number of benzene rings is 2. The first-order valence-corrected chi connectivity index (χ1v) is 8.88. The van der Waals surface area contributed by atoms with Crippen LogP contribution in [0.15, 0.2) is 42.5 Å². The molecule has 0 bridgehead atoms. The Hall–Kier alpha value is -2.86. The molecule has 0 radical (unpaired) electrons. The molecule has 0 heterocycles. The van der Waals surface area contributed by atoms with E-state index in [1.807, 2.05) is 63.2 Å². The number of nitrogens with one attached hydrogen (secondary N) is 3. The van der Waals surface area contributed by atoms with Gasteiger partial charge in [0.15, 0.2) is 0 Å². The average molecular weight is 369 g/mol. The first-order chi connectivity index (χ1) is 12.9. The van der Waals surface area contributed by atoms with Crippen LogP contribution in [0.3, 0.4) is 0 Å². The molecule has 0 aliphatic carbocycles. The topological polar surface area (TPSA) is 79.5 Å². The maximum atomic E-state index is 12.1. The van der Waals surface area contributed by atoms with Crippen molar-refractivity contribution < 1.29 is 14.3 Å². The lowest BCUT2D eigenvalue weighted by molar-refractivity contribution is -0.115. The molecule has 6 heteroatoms. The van der Waals surface area contributed by atoms with E-state index in [4.69, 9.17) is 4.74 Å². The summed E-state index contributed by atoms with van der Waals surface area (Å²) in [4.78, 5) is 24.1. The van der Waals surface area contributed by atoms with Gasteiger partial charge in [0, 0.05) is 19.3 Å². The van der Waals surface area contributed by atoms with Crippen molar-refractivity contribution in [3.63, 3.8) is 0 Å². The minimum absolute atomic E-state index is 0.110. The smallest absolute Gasteiger partial charge is 0.315 e. The highest BCUT2D eigenvalue weighted by molar-refractivity contribution is 5.95. The van der Waals surface area contributed by atoms with Crippen molar-refractivity contribution in [2.75, 3.05) is 25.5 Å². The third-order valence-corrected chi connectivity index (χ3v) is 4.25. The van der Waals surface area contributed by atoms with E-state index in [0.717, 1.165) is 27.9 Å². The number of carbonyl (C=O) groups excluding carboxylic acids is 2. The van der Waals surface area contributed by atoms with Gasteiger partial charge in [-0.3, -0.25) is 4.79 Å². The predicted molar refractivity (Wildman–Crippen MR) is 107 cm³/mol. The lowest BCUT2D eigenvalue weighted by atomic mass is 10.1. The van der Waals surface area contributed by atoms with Gasteiger partial charge in [0.05, 0.1) is 12.6 Å². The first kappa shape index (κ1) is 20.5. The van der Waals surface area contributed by atoms with Gasteiger partial charge in [0.2, 0.25) is 5.91 Å². The van der Waals surface area contributed by atoms with Crippen molar-refractivity contribution in [2.45, 2.75) is 26.9 Å². The lowest BCUT2D eigenvalue weighted by Crippen LogP contribution is -2.41. The second-order valence-corrected chi connectivity index (χ2v) is 6.52. The van der Waals surface area contributed by atoms with Crippen LogP contribution in [-0.4, -0.2) is 32.1 Å². The highest BCUT2D eigenvalue weighted by Gasteiger charge is 2.13. The molecular formula is C21H27N3O3. The second kappa shape index (κ2) is 9.73. The van der Waals surface area contributed by atoms with Gasteiger partial charge in [-0.15, -0.1) is 0 Å². The van der Waals surface area contributed by atoms with Crippen molar-refractivity contribution in [3.05, 3.63) is 64.7 Å². The van der Waals surface area contributed by atoms with Crippen LogP contribution >= 0.6 is 0 Å². The molecule has 3 amide bonds. The summed E-state index contributed by atoms with van der Waals surface area (Å²) in [5.74, 6) is -0.272. The molecule has 2 aromatic carbocycles. The molecule has 1 unspecified atom stereocenters. The highest BCUT2D eigenvalue weighted by Crippen LogP contribution is 2.21. The number of urea groups is 1. The summed E-state index contributed by atoms with van der Waals surface area (Å²) >= 11 is 0. The summed E-state index contributed by atoms with van der Waals surface area (Å²) in [5, 5.41) is 8.15. The zero-order chi connectivity index (χ0) is 19.8. The zero-order valence-corrected chi connectivity index (χ0v) is 16.3. The van der Waals surface area contributed by atoms with E-state index in [1.165, 1.54) is 0 Å². The van der Waals surface area contributed by atoms with Crippen molar-refractivity contribution in [2.24, 2.45) is 0 Å². The Labute approximate surface area is 160 Å². The van der Waals surface area contributed by atoms with Crippen molar-refractivity contribution >= 4 is 17.6 Å². The number of hydrogen-bond acceptors (Lipinski definition) is 3. The summed E-state index contributed by atoms with van der Waals surface area (Å²) in [7, 11) is 1.59. The molecule has 0 saturated heterocycles. The number of ether oxygens (including phenoxy) is 1. The molecule has 0 aliphatic rings. The minimum Gasteiger partial charge on any atom is -0.375 e. The maximum Gasteiger partial charge on any atom is 0.315 e. The molecule has 0 saturated carbocycles. The second-order valence-electron chi connectivity index (χ2n) is 6.52. The normalized spacial score (nSPS) is 11.6. The van der Waals surface area contributed by atoms with Crippen LogP contribution in [0.4, 0.5) is 10.5 Å². The van der Waals surface area contributed by atoms with Crippen LogP contribution in [0, 0.1) is 20.8 Å².